The topological polar surface area (TPSA) is 70.6 Å². The van der Waals surface area contributed by atoms with E-state index in [1.807, 2.05) is 6.92 Å². The largest absolute Gasteiger partial charge is 0.391 e. The standard InChI is InChI=1S/C12H24N2O3/c1-3-4-10(15)9-14-11(16)12(17-2)5-7-13-8-6-12/h10,13,15H,3-9H2,1-2H3,(H,14,16). The lowest BCUT2D eigenvalue weighted by Gasteiger charge is -2.35. The van der Waals surface area contributed by atoms with E-state index in [1.54, 1.807) is 7.11 Å². The van der Waals surface area contributed by atoms with E-state index >= 15 is 0 Å². The van der Waals surface area contributed by atoms with Crippen molar-refractivity contribution in [1.82, 2.24) is 10.6 Å². The number of aliphatic hydroxyl groups is 1. The van der Waals surface area contributed by atoms with E-state index in [4.69, 9.17) is 4.74 Å². The lowest BCUT2D eigenvalue weighted by molar-refractivity contribution is -0.147. The number of methoxy groups -OCH3 is 1. The van der Waals surface area contributed by atoms with Crippen molar-refractivity contribution in [2.75, 3.05) is 26.7 Å². The second-order valence-electron chi connectivity index (χ2n) is 4.60. The van der Waals surface area contributed by atoms with Gasteiger partial charge in [-0.3, -0.25) is 4.79 Å². The number of carbonyl (C=O) groups excluding carboxylic acids is 1. The summed E-state index contributed by atoms with van der Waals surface area (Å²) < 4.78 is 5.40. The lowest BCUT2D eigenvalue weighted by atomic mass is 9.91. The van der Waals surface area contributed by atoms with Gasteiger partial charge in [0.05, 0.1) is 6.10 Å². The third-order valence-corrected chi connectivity index (χ3v) is 3.34. The van der Waals surface area contributed by atoms with E-state index in [9.17, 15) is 9.90 Å². The molecule has 0 aromatic rings. The van der Waals surface area contributed by atoms with Gasteiger partial charge in [-0.1, -0.05) is 13.3 Å². The monoisotopic (exact) mass is 244 g/mol. The number of nitrogens with one attached hydrogen (secondary N) is 2. The zero-order valence-corrected chi connectivity index (χ0v) is 10.8. The summed E-state index contributed by atoms with van der Waals surface area (Å²) in [6.07, 6.45) is 2.52. The molecule has 100 valence electrons. The van der Waals surface area contributed by atoms with Gasteiger partial charge in [-0.2, -0.15) is 0 Å². The average molecular weight is 244 g/mol. The molecule has 5 heteroatoms. The molecule has 1 unspecified atom stereocenters. The van der Waals surface area contributed by atoms with Gasteiger partial charge in [0.1, 0.15) is 5.60 Å². The number of carbonyl (C=O) groups is 1. The lowest BCUT2D eigenvalue weighted by Crippen LogP contribution is -2.55. The minimum Gasteiger partial charge on any atom is -0.391 e. The van der Waals surface area contributed by atoms with Crippen LogP contribution in [0.2, 0.25) is 0 Å². The molecule has 0 aromatic carbocycles. The summed E-state index contributed by atoms with van der Waals surface area (Å²) in [6.45, 7) is 3.90. The summed E-state index contributed by atoms with van der Waals surface area (Å²) in [6, 6.07) is 0. The minimum atomic E-state index is -0.711. The van der Waals surface area contributed by atoms with E-state index < -0.39 is 11.7 Å². The maximum Gasteiger partial charge on any atom is 0.252 e. The molecule has 1 rings (SSSR count). The van der Waals surface area contributed by atoms with Crippen molar-refractivity contribution >= 4 is 5.91 Å². The van der Waals surface area contributed by atoms with Gasteiger partial charge in [0, 0.05) is 13.7 Å². The molecule has 1 amide bonds. The van der Waals surface area contributed by atoms with Crippen molar-refractivity contribution in [2.45, 2.75) is 44.3 Å². The van der Waals surface area contributed by atoms with Gasteiger partial charge in [0.25, 0.3) is 5.91 Å². The van der Waals surface area contributed by atoms with Crippen LogP contribution in [0.5, 0.6) is 0 Å². The molecule has 17 heavy (non-hydrogen) atoms. The molecule has 1 fully saturated rings. The molecule has 1 aliphatic heterocycles. The predicted octanol–water partition coefficient (Wildman–Crippen LogP) is 0.0322. The molecule has 1 saturated heterocycles. The van der Waals surface area contributed by atoms with Crippen LogP contribution >= 0.6 is 0 Å². The predicted molar refractivity (Wildman–Crippen MR) is 65.8 cm³/mol. The third kappa shape index (κ3) is 3.94. The van der Waals surface area contributed by atoms with E-state index in [-0.39, 0.29) is 5.91 Å². The molecule has 1 heterocycles. The van der Waals surface area contributed by atoms with Crippen LogP contribution in [-0.2, 0) is 9.53 Å². The molecule has 0 aliphatic carbocycles. The average Bonchev–Trinajstić information content (AvgIpc) is 2.37. The van der Waals surface area contributed by atoms with Crippen molar-refractivity contribution in [2.24, 2.45) is 0 Å². The normalized spacial score (nSPS) is 20.9. The van der Waals surface area contributed by atoms with Crippen molar-refractivity contribution in [3.63, 3.8) is 0 Å². The van der Waals surface area contributed by atoms with Crippen LogP contribution < -0.4 is 10.6 Å². The van der Waals surface area contributed by atoms with Crippen LogP contribution in [0.25, 0.3) is 0 Å². The third-order valence-electron chi connectivity index (χ3n) is 3.34. The molecule has 0 radical (unpaired) electrons. The Kier molecular flexibility index (Phi) is 5.88. The Morgan fingerprint density at radius 3 is 2.71 bits per heavy atom. The second kappa shape index (κ2) is 6.93. The smallest absolute Gasteiger partial charge is 0.252 e. The fraction of sp³-hybridized carbons (Fsp3) is 0.917. The molecule has 3 N–H and O–H groups in total. The molecular weight excluding hydrogens is 220 g/mol. The van der Waals surface area contributed by atoms with Gasteiger partial charge in [-0.25, -0.2) is 0 Å². The summed E-state index contributed by atoms with van der Waals surface area (Å²) in [7, 11) is 1.58. The van der Waals surface area contributed by atoms with Crippen LogP contribution in [0.3, 0.4) is 0 Å². The van der Waals surface area contributed by atoms with E-state index in [2.05, 4.69) is 10.6 Å². The number of aliphatic hydroxyl groups excluding tert-OH is 1. The Balaban J connectivity index is 2.43. The maximum atomic E-state index is 12.1. The number of amides is 1. The second-order valence-corrected chi connectivity index (χ2v) is 4.60. The summed E-state index contributed by atoms with van der Waals surface area (Å²) in [4.78, 5) is 12.1. The highest BCUT2D eigenvalue weighted by molar-refractivity contribution is 5.85. The van der Waals surface area contributed by atoms with Gasteiger partial charge in [-0.15, -0.1) is 0 Å². The molecule has 0 bridgehead atoms. The molecule has 0 saturated carbocycles. The molecule has 0 spiro atoms. The first-order chi connectivity index (χ1) is 8.14. The summed E-state index contributed by atoms with van der Waals surface area (Å²) in [5.41, 5.74) is -0.711. The first kappa shape index (κ1) is 14.4. The van der Waals surface area contributed by atoms with Gasteiger partial charge in [0.2, 0.25) is 0 Å². The first-order valence-electron chi connectivity index (χ1n) is 6.37. The zero-order valence-electron chi connectivity index (χ0n) is 10.8. The molecular formula is C12H24N2O3. The Bertz CT molecular complexity index is 240. The quantitative estimate of drug-likeness (QED) is 0.616. The van der Waals surface area contributed by atoms with Crippen LogP contribution in [0.4, 0.5) is 0 Å². The van der Waals surface area contributed by atoms with E-state index in [0.717, 1.165) is 19.5 Å². The highest BCUT2D eigenvalue weighted by Gasteiger charge is 2.39. The van der Waals surface area contributed by atoms with E-state index in [1.165, 1.54) is 0 Å². The van der Waals surface area contributed by atoms with Crippen molar-refractivity contribution in [1.29, 1.82) is 0 Å². The van der Waals surface area contributed by atoms with Crippen LogP contribution in [0.1, 0.15) is 32.6 Å². The van der Waals surface area contributed by atoms with Gasteiger partial charge >= 0.3 is 0 Å². The molecule has 1 atom stereocenters. The number of piperidine rings is 1. The summed E-state index contributed by atoms with van der Waals surface area (Å²) in [5.74, 6) is -0.100. The zero-order chi connectivity index (χ0) is 12.7. The molecule has 0 aromatic heterocycles. The fourth-order valence-corrected chi connectivity index (χ4v) is 2.16. The van der Waals surface area contributed by atoms with E-state index in [0.29, 0.717) is 25.8 Å². The van der Waals surface area contributed by atoms with Crippen molar-refractivity contribution < 1.29 is 14.6 Å². The Morgan fingerprint density at radius 1 is 1.53 bits per heavy atom. The van der Waals surface area contributed by atoms with Crippen LogP contribution in [0, 0.1) is 0 Å². The van der Waals surface area contributed by atoms with Crippen molar-refractivity contribution in [3.8, 4) is 0 Å². The fourth-order valence-electron chi connectivity index (χ4n) is 2.16. The molecule has 1 aliphatic rings. The number of hydrogen-bond acceptors (Lipinski definition) is 4. The highest BCUT2D eigenvalue weighted by Crippen LogP contribution is 2.22. The summed E-state index contributed by atoms with van der Waals surface area (Å²) >= 11 is 0. The number of ether oxygens (including phenoxy) is 1. The van der Waals surface area contributed by atoms with Crippen LogP contribution in [0.15, 0.2) is 0 Å². The number of hydrogen-bond donors (Lipinski definition) is 3. The maximum absolute atomic E-state index is 12.1. The highest BCUT2D eigenvalue weighted by atomic mass is 16.5. The summed E-state index contributed by atoms with van der Waals surface area (Å²) in [5, 5.41) is 15.6. The van der Waals surface area contributed by atoms with Crippen molar-refractivity contribution in [3.05, 3.63) is 0 Å². The van der Waals surface area contributed by atoms with Gasteiger partial charge in [-0.05, 0) is 32.4 Å². The first-order valence-corrected chi connectivity index (χ1v) is 6.37. The SMILES string of the molecule is CCCC(O)CNC(=O)C1(OC)CCNCC1. The molecule has 5 nitrogen and oxygen atoms in total. The Labute approximate surface area is 103 Å². The minimum absolute atomic E-state index is 0.100. The van der Waals surface area contributed by atoms with Crippen LogP contribution in [-0.4, -0.2) is 49.5 Å². The Hall–Kier alpha value is -0.650. The Morgan fingerprint density at radius 2 is 2.18 bits per heavy atom. The van der Waals surface area contributed by atoms with Gasteiger partial charge in [0.15, 0.2) is 0 Å². The number of rotatable bonds is 6. The van der Waals surface area contributed by atoms with Gasteiger partial charge < -0.3 is 20.5 Å².